The van der Waals surface area contributed by atoms with E-state index in [1.54, 1.807) is 0 Å². The van der Waals surface area contributed by atoms with Gasteiger partial charge in [-0.15, -0.1) is 0 Å². The minimum Gasteiger partial charge on any atom is -0.262 e. The van der Waals surface area contributed by atoms with Gasteiger partial charge in [0, 0.05) is 0 Å². The van der Waals surface area contributed by atoms with Crippen molar-refractivity contribution in [3.05, 3.63) is 0 Å². The van der Waals surface area contributed by atoms with Crippen molar-refractivity contribution in [2.75, 3.05) is 6.61 Å². The lowest BCUT2D eigenvalue weighted by Gasteiger charge is -2.22. The molecule has 0 heterocycles. The lowest BCUT2D eigenvalue weighted by Crippen LogP contribution is -2.47. The fourth-order valence-corrected chi connectivity index (χ4v) is 2.54. The van der Waals surface area contributed by atoms with Gasteiger partial charge in [-0.1, -0.05) is 0 Å². The fraction of sp³-hybridized carbons (Fsp3) is 1.00. The van der Waals surface area contributed by atoms with Gasteiger partial charge in [-0.25, -0.2) is 0 Å². The van der Waals surface area contributed by atoms with Crippen molar-refractivity contribution < 1.29 is 69.1 Å². The highest BCUT2D eigenvalue weighted by Gasteiger charge is 2.69. The summed E-state index contributed by atoms with van der Waals surface area (Å²) in [5.41, 5.74) is 0. The minimum atomic E-state index is -6.79. The summed E-state index contributed by atoms with van der Waals surface area (Å²) in [6, 6.07) is 0. The highest BCUT2D eigenvalue weighted by Crippen LogP contribution is 2.42. The maximum Gasteiger partial charge on any atom is 0.472 e. The fourth-order valence-electron chi connectivity index (χ4n) is 0.847. The molecule has 0 aromatic heterocycles. The summed E-state index contributed by atoms with van der Waals surface area (Å²) < 4.78 is 171. The van der Waals surface area contributed by atoms with Crippen LogP contribution in [0.15, 0.2) is 0 Å². The molecule has 0 saturated carbocycles. The molecule has 0 aromatic rings. The first-order chi connectivity index (χ1) is 10.6. The van der Waals surface area contributed by atoms with Gasteiger partial charge in [-0.05, 0) is 6.92 Å². The van der Waals surface area contributed by atoms with Crippen LogP contribution in [0.2, 0.25) is 0 Å². The Kier molecular flexibility index (Phi) is 6.45. The van der Waals surface area contributed by atoms with Crippen LogP contribution in [-0.2, 0) is 28.6 Å². The van der Waals surface area contributed by atoms with Crippen molar-refractivity contribution in [3.63, 3.8) is 0 Å². The van der Waals surface area contributed by atoms with E-state index in [1.165, 1.54) is 0 Å². The molecular formula is C7H6F10O6S2. The van der Waals surface area contributed by atoms with E-state index >= 15 is 0 Å². The first-order valence-electron chi connectivity index (χ1n) is 5.31. The van der Waals surface area contributed by atoms with Crippen molar-refractivity contribution in [2.45, 2.75) is 35.9 Å². The predicted molar refractivity (Wildman–Crippen MR) is 56.3 cm³/mol. The van der Waals surface area contributed by atoms with Crippen molar-refractivity contribution in [3.8, 4) is 0 Å². The topological polar surface area (TPSA) is 86.7 Å². The van der Waals surface area contributed by atoms with Crippen molar-refractivity contribution in [1.29, 1.82) is 0 Å². The van der Waals surface area contributed by atoms with E-state index in [1.807, 2.05) is 0 Å². The van der Waals surface area contributed by atoms with Gasteiger partial charge in [0.05, 0.1) is 12.7 Å². The van der Waals surface area contributed by atoms with Crippen molar-refractivity contribution in [1.82, 2.24) is 0 Å². The molecule has 0 amide bonds. The second-order valence-electron chi connectivity index (χ2n) is 4.13. The molecule has 0 saturated heterocycles. The van der Waals surface area contributed by atoms with Gasteiger partial charge in [-0.3, -0.25) is 8.37 Å². The summed E-state index contributed by atoms with van der Waals surface area (Å²) in [6.45, 7) is -1.79. The van der Waals surface area contributed by atoms with Gasteiger partial charge in [0.15, 0.2) is 0 Å². The molecule has 6 nitrogen and oxygen atoms in total. The summed E-state index contributed by atoms with van der Waals surface area (Å²) in [6.07, 6.45) is -15.9. The zero-order valence-corrected chi connectivity index (χ0v) is 13.0. The lowest BCUT2D eigenvalue weighted by molar-refractivity contribution is -0.245. The second-order valence-corrected chi connectivity index (χ2v) is 7.40. The Bertz CT molecular complexity index is 676. The maximum absolute atomic E-state index is 12.6. The minimum absolute atomic E-state index is 0.255. The van der Waals surface area contributed by atoms with E-state index in [9.17, 15) is 60.7 Å². The van der Waals surface area contributed by atoms with Gasteiger partial charge in [-0.2, -0.15) is 60.7 Å². The highest BCUT2D eigenvalue weighted by molar-refractivity contribution is 7.88. The third-order valence-corrected chi connectivity index (χ3v) is 4.78. The van der Waals surface area contributed by atoms with Crippen LogP contribution in [0.25, 0.3) is 0 Å². The van der Waals surface area contributed by atoms with Gasteiger partial charge >= 0.3 is 43.1 Å². The van der Waals surface area contributed by atoms with Crippen LogP contribution < -0.4 is 0 Å². The quantitative estimate of drug-likeness (QED) is 0.447. The van der Waals surface area contributed by atoms with Crippen LogP contribution in [0, 0.1) is 0 Å². The SMILES string of the molecule is CC(COS(=O)(=O)C(F)(F)C(F)(F)F)OS(=O)(=O)C(F)(F)C(F)(F)F. The van der Waals surface area contributed by atoms with Crippen LogP contribution in [0.3, 0.4) is 0 Å². The highest BCUT2D eigenvalue weighted by atomic mass is 32.2. The maximum atomic E-state index is 12.6. The van der Waals surface area contributed by atoms with Crippen LogP contribution in [0.5, 0.6) is 0 Å². The molecule has 0 radical (unpaired) electrons. The Balaban J connectivity index is 5.21. The summed E-state index contributed by atoms with van der Waals surface area (Å²) >= 11 is 0. The molecule has 0 fully saturated rings. The second kappa shape index (κ2) is 6.69. The average molecular weight is 440 g/mol. The number of alkyl halides is 10. The number of hydrogen-bond donors (Lipinski definition) is 0. The normalized spacial score (nSPS) is 16.8. The van der Waals surface area contributed by atoms with E-state index in [0.29, 0.717) is 0 Å². The number of halogens is 10. The smallest absolute Gasteiger partial charge is 0.262 e. The molecule has 0 aliphatic heterocycles. The largest absolute Gasteiger partial charge is 0.472 e. The van der Waals surface area contributed by atoms with Crippen molar-refractivity contribution >= 4 is 20.2 Å². The van der Waals surface area contributed by atoms with E-state index in [4.69, 9.17) is 0 Å². The van der Waals surface area contributed by atoms with Crippen LogP contribution in [0.4, 0.5) is 43.9 Å². The summed E-state index contributed by atoms with van der Waals surface area (Å²) in [5, 5.41) is -12.9. The molecule has 152 valence electrons. The third-order valence-electron chi connectivity index (χ3n) is 2.04. The zero-order valence-electron chi connectivity index (χ0n) is 11.3. The monoisotopic (exact) mass is 440 g/mol. The first-order valence-corrected chi connectivity index (χ1v) is 8.12. The molecule has 0 aromatic carbocycles. The summed E-state index contributed by atoms with van der Waals surface area (Å²) in [7, 11) is -13.6. The van der Waals surface area contributed by atoms with Gasteiger partial charge in [0.1, 0.15) is 0 Å². The number of rotatable bonds is 7. The van der Waals surface area contributed by atoms with Crippen LogP contribution in [-0.4, -0.2) is 52.4 Å². The Morgan fingerprint density at radius 2 is 1.04 bits per heavy atom. The Hall–Kier alpha value is -0.880. The molecule has 1 unspecified atom stereocenters. The molecular weight excluding hydrogens is 434 g/mol. The van der Waals surface area contributed by atoms with Gasteiger partial charge in [0.25, 0.3) is 0 Å². The van der Waals surface area contributed by atoms with E-state index < -0.39 is 55.8 Å². The molecule has 0 rings (SSSR count). The van der Waals surface area contributed by atoms with E-state index in [0.717, 1.165) is 0 Å². The average Bonchev–Trinajstić information content (AvgIpc) is 2.32. The standard InChI is InChI=1S/C7H6F10O6S2/c1-3(23-25(20,21)7(16,17)5(11,12)13)2-22-24(18,19)6(14,15)4(8,9)10/h3H,2H2,1H3. The van der Waals surface area contributed by atoms with E-state index in [-0.39, 0.29) is 6.92 Å². The Morgan fingerprint density at radius 3 is 1.36 bits per heavy atom. The molecule has 1 atom stereocenters. The van der Waals surface area contributed by atoms with Crippen molar-refractivity contribution in [2.24, 2.45) is 0 Å². The molecule has 18 heteroatoms. The predicted octanol–water partition coefficient (Wildman–Crippen LogP) is 2.38. The molecule has 0 bridgehead atoms. The summed E-state index contributed by atoms with van der Waals surface area (Å²) in [5.74, 6) is 0. The Morgan fingerprint density at radius 1 is 0.720 bits per heavy atom. The molecule has 0 aliphatic carbocycles. The third kappa shape index (κ3) is 4.85. The first kappa shape index (κ1) is 24.1. The zero-order chi connectivity index (χ0) is 20.7. The molecule has 0 aliphatic rings. The van der Waals surface area contributed by atoms with Gasteiger partial charge < -0.3 is 0 Å². The lowest BCUT2D eigenvalue weighted by atomic mass is 10.5. The summed E-state index contributed by atoms with van der Waals surface area (Å²) in [4.78, 5) is 0. The van der Waals surface area contributed by atoms with E-state index in [2.05, 4.69) is 8.37 Å². The number of hydrogen-bond acceptors (Lipinski definition) is 6. The van der Waals surface area contributed by atoms with Crippen LogP contribution >= 0.6 is 0 Å². The molecule has 25 heavy (non-hydrogen) atoms. The Labute approximate surface area is 132 Å². The molecule has 0 spiro atoms. The molecule has 0 N–H and O–H groups in total. The van der Waals surface area contributed by atoms with Crippen LogP contribution in [0.1, 0.15) is 6.92 Å². The van der Waals surface area contributed by atoms with Gasteiger partial charge in [0.2, 0.25) is 0 Å².